The molecule has 0 saturated carbocycles. The first kappa shape index (κ1) is 14.6. The molecular weight excluding hydrogens is 262 g/mol. The molecular formula is C13H25N3O2S. The summed E-state index contributed by atoms with van der Waals surface area (Å²) in [7, 11) is -0.990. The van der Waals surface area contributed by atoms with Crippen molar-refractivity contribution in [1.29, 1.82) is 0 Å². The summed E-state index contributed by atoms with van der Waals surface area (Å²) in [6, 6.07) is 0. The van der Waals surface area contributed by atoms with Crippen LogP contribution in [0.4, 0.5) is 0 Å². The molecule has 5 nitrogen and oxygen atoms in total. The first-order valence-corrected chi connectivity index (χ1v) is 8.79. The number of rotatable bonds is 2. The Kier molecular flexibility index (Phi) is 4.08. The van der Waals surface area contributed by atoms with Crippen molar-refractivity contribution in [1.82, 2.24) is 10.2 Å². The van der Waals surface area contributed by atoms with Crippen molar-refractivity contribution >= 4 is 15.8 Å². The minimum atomic E-state index is -2.78. The van der Waals surface area contributed by atoms with Crippen molar-refractivity contribution in [3.05, 3.63) is 0 Å². The predicted molar refractivity (Wildman–Crippen MR) is 78.1 cm³/mol. The van der Waals surface area contributed by atoms with Crippen molar-refractivity contribution < 1.29 is 8.42 Å². The zero-order chi connectivity index (χ0) is 14.1. The molecule has 0 aromatic heterocycles. The zero-order valence-electron chi connectivity index (χ0n) is 12.1. The van der Waals surface area contributed by atoms with Crippen LogP contribution in [-0.4, -0.2) is 57.5 Å². The van der Waals surface area contributed by atoms with E-state index in [9.17, 15) is 8.42 Å². The zero-order valence-corrected chi connectivity index (χ0v) is 13.0. The molecule has 0 amide bonds. The molecule has 2 aliphatic heterocycles. The molecule has 1 N–H and O–H groups in total. The predicted octanol–water partition coefficient (Wildman–Crippen LogP) is 0.728. The first-order chi connectivity index (χ1) is 8.81. The number of likely N-dealkylation sites (tertiary alicyclic amines) is 1. The highest BCUT2D eigenvalue weighted by atomic mass is 32.2. The monoisotopic (exact) mass is 287 g/mol. The molecule has 2 fully saturated rings. The van der Waals surface area contributed by atoms with Gasteiger partial charge in [0.25, 0.3) is 0 Å². The average molecular weight is 287 g/mol. The van der Waals surface area contributed by atoms with Gasteiger partial charge in [-0.3, -0.25) is 4.99 Å². The quantitative estimate of drug-likeness (QED) is 0.601. The van der Waals surface area contributed by atoms with E-state index in [4.69, 9.17) is 0 Å². The molecule has 6 heteroatoms. The number of guanidine groups is 1. The lowest BCUT2D eigenvalue weighted by Gasteiger charge is -2.24. The lowest BCUT2D eigenvalue weighted by Crippen LogP contribution is -2.42. The van der Waals surface area contributed by atoms with Crippen LogP contribution in [0.25, 0.3) is 0 Å². The summed E-state index contributed by atoms with van der Waals surface area (Å²) in [5.41, 5.74) is 0.342. The van der Waals surface area contributed by atoms with Gasteiger partial charge in [0.1, 0.15) is 0 Å². The van der Waals surface area contributed by atoms with Crippen molar-refractivity contribution in [2.75, 3.05) is 38.2 Å². The van der Waals surface area contributed by atoms with Crippen LogP contribution >= 0.6 is 0 Å². The fraction of sp³-hybridized carbons (Fsp3) is 0.923. The van der Waals surface area contributed by atoms with E-state index in [1.807, 2.05) is 0 Å². The maximum Gasteiger partial charge on any atom is 0.193 e. The second kappa shape index (κ2) is 5.31. The summed E-state index contributed by atoms with van der Waals surface area (Å²) in [4.78, 5) is 6.58. The van der Waals surface area contributed by atoms with E-state index < -0.39 is 9.84 Å². The highest BCUT2D eigenvalue weighted by molar-refractivity contribution is 7.91. The van der Waals surface area contributed by atoms with Gasteiger partial charge in [-0.25, -0.2) is 8.42 Å². The molecule has 2 rings (SSSR count). The number of nitrogens with one attached hydrogen (secondary N) is 1. The van der Waals surface area contributed by atoms with Crippen LogP contribution in [0, 0.1) is 11.3 Å². The Balaban J connectivity index is 1.85. The van der Waals surface area contributed by atoms with E-state index in [2.05, 4.69) is 29.1 Å². The molecule has 0 spiro atoms. The topological polar surface area (TPSA) is 61.8 Å². The molecule has 110 valence electrons. The highest BCUT2D eigenvalue weighted by Gasteiger charge is 2.32. The molecule has 2 aliphatic rings. The van der Waals surface area contributed by atoms with Gasteiger partial charge in [0.15, 0.2) is 15.8 Å². The Morgan fingerprint density at radius 2 is 2.21 bits per heavy atom. The summed E-state index contributed by atoms with van der Waals surface area (Å²) in [6.45, 7) is 7.28. The minimum absolute atomic E-state index is 0.234. The summed E-state index contributed by atoms with van der Waals surface area (Å²) in [5.74, 6) is 1.81. The third-order valence-corrected chi connectivity index (χ3v) is 5.90. The smallest absolute Gasteiger partial charge is 0.193 e. The normalized spacial score (nSPS) is 29.7. The number of hydrogen-bond acceptors (Lipinski definition) is 3. The summed E-state index contributed by atoms with van der Waals surface area (Å²) in [6.07, 6.45) is 1.95. The summed E-state index contributed by atoms with van der Waals surface area (Å²) < 4.78 is 22.9. The Hall–Kier alpha value is -0.780. The molecule has 0 aromatic carbocycles. The Bertz CT molecular complexity index is 457. The van der Waals surface area contributed by atoms with E-state index >= 15 is 0 Å². The Morgan fingerprint density at radius 3 is 2.68 bits per heavy atom. The van der Waals surface area contributed by atoms with Crippen molar-refractivity contribution in [3.8, 4) is 0 Å². The van der Waals surface area contributed by atoms with Crippen LogP contribution in [0.1, 0.15) is 26.7 Å². The van der Waals surface area contributed by atoms with E-state index in [1.165, 1.54) is 6.42 Å². The van der Waals surface area contributed by atoms with Crippen molar-refractivity contribution in [2.24, 2.45) is 16.3 Å². The van der Waals surface area contributed by atoms with E-state index in [0.29, 0.717) is 23.5 Å². The third-order valence-electron chi connectivity index (χ3n) is 4.06. The molecule has 2 saturated heterocycles. The Labute approximate surface area is 116 Å². The molecule has 0 bridgehead atoms. The number of aliphatic imine (C=N–C) groups is 1. The largest absolute Gasteiger partial charge is 0.356 e. The summed E-state index contributed by atoms with van der Waals surface area (Å²) in [5, 5.41) is 3.34. The summed E-state index contributed by atoms with van der Waals surface area (Å²) >= 11 is 0. The second-order valence-electron chi connectivity index (χ2n) is 6.53. The lowest BCUT2D eigenvalue weighted by atomic mass is 9.93. The van der Waals surface area contributed by atoms with Crippen LogP contribution in [0.15, 0.2) is 4.99 Å². The van der Waals surface area contributed by atoms with Gasteiger partial charge in [-0.2, -0.15) is 0 Å². The van der Waals surface area contributed by atoms with Gasteiger partial charge in [-0.1, -0.05) is 13.8 Å². The van der Waals surface area contributed by atoms with Crippen LogP contribution < -0.4 is 5.32 Å². The van der Waals surface area contributed by atoms with Gasteiger partial charge in [0.2, 0.25) is 0 Å². The highest BCUT2D eigenvalue weighted by Crippen LogP contribution is 2.28. The fourth-order valence-electron chi connectivity index (χ4n) is 2.89. The maximum atomic E-state index is 11.4. The fourth-order valence-corrected chi connectivity index (χ4v) is 4.76. The Morgan fingerprint density at radius 1 is 1.47 bits per heavy atom. The lowest BCUT2D eigenvalue weighted by molar-refractivity contribution is 0.368. The van der Waals surface area contributed by atoms with Gasteiger partial charge in [0, 0.05) is 26.7 Å². The standard InChI is InChI=1S/C13H25N3O2S/c1-13(2)5-6-16(10-13)12(14-3)15-8-11-4-7-19(17,18)9-11/h11H,4-10H2,1-3H3,(H,14,15). The van der Waals surface area contributed by atoms with Gasteiger partial charge in [-0.15, -0.1) is 0 Å². The van der Waals surface area contributed by atoms with Crippen LogP contribution in [0.5, 0.6) is 0 Å². The third kappa shape index (κ3) is 3.84. The minimum Gasteiger partial charge on any atom is -0.356 e. The van der Waals surface area contributed by atoms with Gasteiger partial charge in [0.05, 0.1) is 11.5 Å². The molecule has 1 unspecified atom stereocenters. The van der Waals surface area contributed by atoms with Crippen LogP contribution in [-0.2, 0) is 9.84 Å². The van der Waals surface area contributed by atoms with Crippen molar-refractivity contribution in [2.45, 2.75) is 26.7 Å². The molecule has 0 radical (unpaired) electrons. The molecule has 1 atom stereocenters. The van der Waals surface area contributed by atoms with E-state index in [0.717, 1.165) is 25.5 Å². The average Bonchev–Trinajstić information content (AvgIpc) is 2.83. The second-order valence-corrected chi connectivity index (χ2v) is 8.76. The van der Waals surface area contributed by atoms with Gasteiger partial charge < -0.3 is 10.2 Å². The van der Waals surface area contributed by atoms with Gasteiger partial charge in [-0.05, 0) is 24.2 Å². The number of sulfone groups is 1. The number of nitrogens with zero attached hydrogens (tertiary/aromatic N) is 2. The first-order valence-electron chi connectivity index (χ1n) is 6.97. The SMILES string of the molecule is CN=C(NCC1CCS(=O)(=O)C1)N1CCC(C)(C)C1. The van der Waals surface area contributed by atoms with Crippen molar-refractivity contribution in [3.63, 3.8) is 0 Å². The maximum absolute atomic E-state index is 11.4. The molecule has 0 aliphatic carbocycles. The van der Waals surface area contributed by atoms with Crippen LogP contribution in [0.3, 0.4) is 0 Å². The van der Waals surface area contributed by atoms with Gasteiger partial charge >= 0.3 is 0 Å². The van der Waals surface area contributed by atoms with E-state index in [1.54, 1.807) is 7.05 Å². The van der Waals surface area contributed by atoms with Crippen LogP contribution in [0.2, 0.25) is 0 Å². The van der Waals surface area contributed by atoms with E-state index in [-0.39, 0.29) is 5.92 Å². The molecule has 19 heavy (non-hydrogen) atoms. The number of hydrogen-bond donors (Lipinski definition) is 1. The molecule has 2 heterocycles. The molecule has 0 aromatic rings.